The van der Waals surface area contributed by atoms with Crippen molar-refractivity contribution in [2.24, 2.45) is 10.9 Å². The third kappa shape index (κ3) is 7.73. The highest BCUT2D eigenvalue weighted by atomic mass is 19.1. The second kappa shape index (κ2) is 10.7. The summed E-state index contributed by atoms with van der Waals surface area (Å²) >= 11 is 0. The Labute approximate surface area is 139 Å². The summed E-state index contributed by atoms with van der Waals surface area (Å²) in [6.07, 6.45) is 5.14. The van der Waals surface area contributed by atoms with Crippen LogP contribution in [-0.2, 0) is 9.53 Å². The Hall–Kier alpha value is -1.97. The minimum Gasteiger partial charge on any atom is -0.429 e. The molecule has 4 heteroatoms. The third-order valence-electron chi connectivity index (χ3n) is 3.90. The number of aliphatic imine (C=N–C) groups is 1. The first-order chi connectivity index (χ1) is 10.7. The molecule has 128 valence electrons. The number of nitrogens with zero attached hydrogens (tertiary/aromatic N) is 1. The Morgan fingerprint density at radius 2 is 1.91 bits per heavy atom. The van der Waals surface area contributed by atoms with Gasteiger partial charge in [-0.2, -0.15) is 0 Å². The Morgan fingerprint density at radius 1 is 1.30 bits per heavy atom. The number of allylic oxidation sites excluding steroid dienone is 5. The molecule has 0 amide bonds. The van der Waals surface area contributed by atoms with Gasteiger partial charge in [0.1, 0.15) is 5.76 Å². The van der Waals surface area contributed by atoms with Crippen molar-refractivity contribution in [2.75, 3.05) is 0 Å². The van der Waals surface area contributed by atoms with E-state index < -0.39 is 0 Å². The van der Waals surface area contributed by atoms with E-state index in [2.05, 4.69) is 25.4 Å². The van der Waals surface area contributed by atoms with Gasteiger partial charge in [-0.05, 0) is 58.1 Å². The minimum atomic E-state index is -0.176. The lowest BCUT2D eigenvalue weighted by molar-refractivity contribution is -0.124. The smallest absolute Gasteiger partial charge is 0.298 e. The average Bonchev–Trinajstić information content (AvgIpc) is 2.51. The zero-order valence-electron chi connectivity index (χ0n) is 15.1. The average molecular weight is 321 g/mol. The maximum absolute atomic E-state index is 13.1. The number of ether oxygens (including phenoxy) is 1. The van der Waals surface area contributed by atoms with E-state index in [1.54, 1.807) is 13.8 Å². The van der Waals surface area contributed by atoms with E-state index in [-0.39, 0.29) is 11.6 Å². The van der Waals surface area contributed by atoms with Crippen LogP contribution in [0.1, 0.15) is 54.4 Å². The first-order valence-electron chi connectivity index (χ1n) is 7.78. The second-order valence-electron chi connectivity index (χ2n) is 5.63. The number of halogens is 1. The first kappa shape index (κ1) is 21.0. The summed E-state index contributed by atoms with van der Waals surface area (Å²) in [5.74, 6) is 0.431. The molecule has 0 aromatic carbocycles. The van der Waals surface area contributed by atoms with Gasteiger partial charge in [0.2, 0.25) is 0 Å². The number of rotatable bonds is 9. The molecule has 0 saturated carbocycles. The molecule has 0 radical (unpaired) electrons. The van der Waals surface area contributed by atoms with Crippen LogP contribution in [0.5, 0.6) is 0 Å². The largest absolute Gasteiger partial charge is 0.429 e. The number of carbonyl (C=O) groups excluding carboxylic acids is 1. The Balaban J connectivity index is 5.60. The van der Waals surface area contributed by atoms with Gasteiger partial charge in [-0.1, -0.05) is 26.5 Å². The van der Waals surface area contributed by atoms with Crippen LogP contribution in [0.15, 0.2) is 52.2 Å². The Kier molecular flexibility index (Phi) is 9.79. The van der Waals surface area contributed by atoms with Crippen molar-refractivity contribution in [2.45, 2.75) is 54.4 Å². The molecule has 0 fully saturated rings. The third-order valence-corrected chi connectivity index (χ3v) is 3.90. The van der Waals surface area contributed by atoms with Gasteiger partial charge in [0.25, 0.3) is 6.47 Å². The molecule has 0 aliphatic carbocycles. The fourth-order valence-corrected chi connectivity index (χ4v) is 1.62. The maximum atomic E-state index is 13.1. The molecule has 1 atom stereocenters. The first-order valence-corrected chi connectivity index (χ1v) is 7.78. The predicted molar refractivity (Wildman–Crippen MR) is 94.8 cm³/mol. The van der Waals surface area contributed by atoms with Crippen molar-refractivity contribution in [1.29, 1.82) is 0 Å². The Bertz CT molecular complexity index is 550. The van der Waals surface area contributed by atoms with E-state index in [9.17, 15) is 9.18 Å². The van der Waals surface area contributed by atoms with Crippen molar-refractivity contribution in [3.8, 4) is 0 Å². The van der Waals surface area contributed by atoms with Gasteiger partial charge >= 0.3 is 0 Å². The summed E-state index contributed by atoms with van der Waals surface area (Å²) in [5, 5.41) is 0. The molecule has 0 bridgehead atoms. The zero-order valence-corrected chi connectivity index (χ0v) is 15.1. The van der Waals surface area contributed by atoms with Gasteiger partial charge in [-0.3, -0.25) is 9.79 Å². The Morgan fingerprint density at radius 3 is 2.39 bits per heavy atom. The normalized spacial score (nSPS) is 15.9. The number of hydrogen-bond acceptors (Lipinski definition) is 3. The van der Waals surface area contributed by atoms with Crippen LogP contribution in [0, 0.1) is 5.92 Å². The predicted octanol–water partition coefficient (Wildman–Crippen LogP) is 5.66. The molecule has 0 aliphatic heterocycles. The fraction of sp³-hybridized carbons (Fsp3) is 0.474. The number of hydrogen-bond donors (Lipinski definition) is 0. The molecule has 0 aromatic rings. The van der Waals surface area contributed by atoms with Crippen LogP contribution < -0.4 is 0 Å². The van der Waals surface area contributed by atoms with Gasteiger partial charge in [-0.25, -0.2) is 4.39 Å². The maximum Gasteiger partial charge on any atom is 0.298 e. The molecule has 0 aliphatic rings. The van der Waals surface area contributed by atoms with Gasteiger partial charge in [0, 0.05) is 11.3 Å². The highest BCUT2D eigenvalue weighted by Crippen LogP contribution is 2.19. The number of carbonyl (C=O) groups is 1. The molecular weight excluding hydrogens is 293 g/mol. The second-order valence-corrected chi connectivity index (χ2v) is 5.63. The van der Waals surface area contributed by atoms with Gasteiger partial charge < -0.3 is 4.74 Å². The molecule has 0 rings (SSSR count). The highest BCUT2D eigenvalue weighted by molar-refractivity contribution is 5.85. The van der Waals surface area contributed by atoms with Gasteiger partial charge in [-0.15, -0.1) is 0 Å². The van der Waals surface area contributed by atoms with E-state index >= 15 is 0 Å². The summed E-state index contributed by atoms with van der Waals surface area (Å²) in [6.45, 7) is 15.2. The topological polar surface area (TPSA) is 38.7 Å². The lowest BCUT2D eigenvalue weighted by Gasteiger charge is -2.11. The summed E-state index contributed by atoms with van der Waals surface area (Å²) in [7, 11) is 0. The summed E-state index contributed by atoms with van der Waals surface area (Å²) in [5.41, 5.74) is 3.00. The van der Waals surface area contributed by atoms with Crippen LogP contribution in [0.25, 0.3) is 0 Å². The van der Waals surface area contributed by atoms with Crippen LogP contribution >= 0.6 is 0 Å². The van der Waals surface area contributed by atoms with Crippen molar-refractivity contribution in [3.63, 3.8) is 0 Å². The summed E-state index contributed by atoms with van der Waals surface area (Å²) < 4.78 is 17.9. The minimum absolute atomic E-state index is 0.176. The van der Waals surface area contributed by atoms with Crippen LogP contribution in [0.3, 0.4) is 0 Å². The van der Waals surface area contributed by atoms with Gasteiger partial charge in [0.15, 0.2) is 0 Å². The molecule has 1 unspecified atom stereocenters. The molecule has 0 spiro atoms. The lowest BCUT2D eigenvalue weighted by Crippen LogP contribution is -2.06. The molecule has 0 N–H and O–H groups in total. The fourth-order valence-electron chi connectivity index (χ4n) is 1.62. The quantitative estimate of drug-likeness (QED) is 0.238. The molecule has 23 heavy (non-hydrogen) atoms. The SMILES string of the molecule is C=C(OC=O)/C(C)=C(/C=C\C/C(C)=C(\C)F)\N=C(\C)C(C)CC. The van der Waals surface area contributed by atoms with E-state index in [1.165, 1.54) is 6.92 Å². The highest BCUT2D eigenvalue weighted by Gasteiger charge is 2.08. The molecular formula is C19H28FNO2. The van der Waals surface area contributed by atoms with Crippen molar-refractivity contribution < 1.29 is 13.9 Å². The van der Waals surface area contributed by atoms with E-state index in [1.807, 2.05) is 19.1 Å². The van der Waals surface area contributed by atoms with Crippen LogP contribution in [-0.4, -0.2) is 12.2 Å². The van der Waals surface area contributed by atoms with Gasteiger partial charge in [0.05, 0.1) is 11.5 Å². The molecule has 3 nitrogen and oxygen atoms in total. The zero-order chi connectivity index (χ0) is 18.0. The molecule has 0 saturated heterocycles. The van der Waals surface area contributed by atoms with Crippen molar-refractivity contribution in [3.05, 3.63) is 47.2 Å². The standard InChI is InChI=1S/C19H28FNO2/c1-8-13(2)17(6)21-19(15(4)18(7)23-12-22)11-9-10-14(3)16(5)20/h9,11-13H,7-8,10H2,1-6H3/b11-9-,16-14+,19-15-,21-17-. The molecule has 0 heterocycles. The van der Waals surface area contributed by atoms with E-state index in [4.69, 9.17) is 4.74 Å². The summed E-state index contributed by atoms with van der Waals surface area (Å²) in [6, 6.07) is 0. The monoisotopic (exact) mass is 321 g/mol. The van der Waals surface area contributed by atoms with Crippen molar-refractivity contribution in [1.82, 2.24) is 0 Å². The van der Waals surface area contributed by atoms with Crippen LogP contribution in [0.4, 0.5) is 4.39 Å². The van der Waals surface area contributed by atoms with E-state index in [0.29, 0.717) is 35.7 Å². The lowest BCUT2D eigenvalue weighted by atomic mass is 10.0. The molecule has 0 aromatic heterocycles. The summed E-state index contributed by atoms with van der Waals surface area (Å²) in [4.78, 5) is 15.1. The van der Waals surface area contributed by atoms with Crippen LogP contribution in [0.2, 0.25) is 0 Å². The van der Waals surface area contributed by atoms with Crippen molar-refractivity contribution >= 4 is 12.2 Å². The van der Waals surface area contributed by atoms with E-state index in [0.717, 1.165) is 12.1 Å².